The first kappa shape index (κ1) is 17.9. The molecule has 0 bridgehead atoms. The summed E-state index contributed by atoms with van der Waals surface area (Å²) in [6, 6.07) is 6.97. The van der Waals surface area contributed by atoms with E-state index < -0.39 is 27.5 Å². The van der Waals surface area contributed by atoms with Crippen molar-refractivity contribution in [2.24, 2.45) is 0 Å². The highest BCUT2D eigenvalue weighted by molar-refractivity contribution is 7.90. The molecule has 0 aliphatic carbocycles. The molecule has 26 heavy (non-hydrogen) atoms. The topological polar surface area (TPSA) is 56.1 Å². The third kappa shape index (κ3) is 2.92. The number of halogens is 3. The smallest absolute Gasteiger partial charge is 0.268 e. The minimum atomic E-state index is -4.32. The van der Waals surface area contributed by atoms with Crippen molar-refractivity contribution in [3.05, 3.63) is 77.2 Å². The predicted molar refractivity (Wildman–Crippen MR) is 88.9 cm³/mol. The van der Waals surface area contributed by atoms with E-state index in [9.17, 15) is 26.4 Å². The lowest BCUT2D eigenvalue weighted by Crippen LogP contribution is -2.14. The average molecular weight is 379 g/mol. The number of aldehydes is 1. The second-order valence-corrected chi connectivity index (χ2v) is 7.37. The first-order valence-corrected chi connectivity index (χ1v) is 8.83. The van der Waals surface area contributed by atoms with Gasteiger partial charge in [-0.25, -0.2) is 25.6 Å². The highest BCUT2D eigenvalue weighted by Crippen LogP contribution is 2.32. The normalized spacial score (nSPS) is 11.5. The van der Waals surface area contributed by atoms with E-state index in [-0.39, 0.29) is 27.3 Å². The molecule has 0 saturated carbocycles. The van der Waals surface area contributed by atoms with Gasteiger partial charge in [0.25, 0.3) is 10.0 Å². The van der Waals surface area contributed by atoms with Gasteiger partial charge in [-0.3, -0.25) is 4.79 Å². The summed E-state index contributed by atoms with van der Waals surface area (Å²) in [4.78, 5) is 10.9. The van der Waals surface area contributed by atoms with Crippen molar-refractivity contribution in [2.75, 3.05) is 0 Å². The first-order chi connectivity index (χ1) is 12.3. The third-order valence-electron chi connectivity index (χ3n) is 3.93. The Morgan fingerprint density at radius 1 is 1.00 bits per heavy atom. The van der Waals surface area contributed by atoms with E-state index in [2.05, 4.69) is 0 Å². The Morgan fingerprint density at radius 3 is 2.31 bits per heavy atom. The van der Waals surface area contributed by atoms with Crippen LogP contribution in [-0.2, 0) is 10.0 Å². The Balaban J connectivity index is 2.34. The lowest BCUT2D eigenvalue weighted by atomic mass is 10.1. The van der Waals surface area contributed by atoms with Crippen molar-refractivity contribution in [3.8, 4) is 11.3 Å². The lowest BCUT2D eigenvalue weighted by molar-refractivity contribution is 0.112. The Morgan fingerprint density at radius 2 is 1.69 bits per heavy atom. The molecule has 0 radical (unpaired) electrons. The molecule has 1 aromatic heterocycles. The van der Waals surface area contributed by atoms with Crippen molar-refractivity contribution in [1.29, 1.82) is 0 Å². The van der Waals surface area contributed by atoms with Gasteiger partial charge in [-0.1, -0.05) is 6.07 Å². The molecule has 0 aliphatic heterocycles. The van der Waals surface area contributed by atoms with Gasteiger partial charge >= 0.3 is 0 Å². The van der Waals surface area contributed by atoms with Crippen LogP contribution in [0.3, 0.4) is 0 Å². The summed E-state index contributed by atoms with van der Waals surface area (Å²) in [5, 5.41) is 0. The fraction of sp³-hybridized carbons (Fsp3) is 0.0556. The summed E-state index contributed by atoms with van der Waals surface area (Å²) in [6.45, 7) is 1.44. The van der Waals surface area contributed by atoms with Gasteiger partial charge in [-0.05, 0) is 42.8 Å². The number of carbonyl (C=O) groups is 1. The summed E-state index contributed by atoms with van der Waals surface area (Å²) in [5.74, 6) is -2.58. The number of nitrogens with zero attached hydrogens (tertiary/aromatic N) is 1. The molecular formula is C18H12F3NO3S. The van der Waals surface area contributed by atoms with Crippen LogP contribution in [-0.4, -0.2) is 18.7 Å². The second kappa shape index (κ2) is 6.45. The quantitative estimate of drug-likeness (QED) is 0.646. The van der Waals surface area contributed by atoms with Gasteiger partial charge in [-0.15, -0.1) is 0 Å². The van der Waals surface area contributed by atoms with Gasteiger partial charge in [-0.2, -0.15) is 0 Å². The van der Waals surface area contributed by atoms with E-state index in [4.69, 9.17) is 0 Å². The molecule has 134 valence electrons. The van der Waals surface area contributed by atoms with Crippen molar-refractivity contribution in [2.45, 2.75) is 11.8 Å². The van der Waals surface area contributed by atoms with Crippen molar-refractivity contribution in [3.63, 3.8) is 0 Å². The highest BCUT2D eigenvalue weighted by Gasteiger charge is 2.26. The van der Waals surface area contributed by atoms with Gasteiger partial charge in [0.1, 0.15) is 17.5 Å². The summed E-state index contributed by atoms with van der Waals surface area (Å²) in [6.07, 6.45) is 1.46. The third-order valence-corrected chi connectivity index (χ3v) is 5.59. The lowest BCUT2D eigenvalue weighted by Gasteiger charge is -2.12. The minimum absolute atomic E-state index is 0.0173. The van der Waals surface area contributed by atoms with E-state index in [1.165, 1.54) is 19.1 Å². The molecule has 0 saturated heterocycles. The maximum atomic E-state index is 14.3. The van der Waals surface area contributed by atoms with Crippen LogP contribution in [0.2, 0.25) is 0 Å². The number of hydrogen-bond acceptors (Lipinski definition) is 3. The van der Waals surface area contributed by atoms with Crippen molar-refractivity contribution in [1.82, 2.24) is 3.97 Å². The number of hydrogen-bond donors (Lipinski definition) is 0. The van der Waals surface area contributed by atoms with E-state index in [1.54, 1.807) is 0 Å². The molecule has 2 aromatic carbocycles. The van der Waals surface area contributed by atoms with Crippen LogP contribution in [0.15, 0.2) is 53.6 Å². The number of aromatic nitrogens is 1. The van der Waals surface area contributed by atoms with Crippen LogP contribution >= 0.6 is 0 Å². The van der Waals surface area contributed by atoms with Crippen LogP contribution in [0.4, 0.5) is 13.2 Å². The zero-order valence-corrected chi connectivity index (χ0v) is 14.2. The van der Waals surface area contributed by atoms with Gasteiger partial charge in [0, 0.05) is 23.4 Å². The van der Waals surface area contributed by atoms with Crippen LogP contribution in [0, 0.1) is 24.4 Å². The standard InChI is InChI=1S/C18H12F3NO3S/c1-11-12(10-23)9-22(18(11)16-6-5-14(20)8-17(16)21)26(24,25)15-4-2-3-13(19)7-15/h2-10H,1H3. The van der Waals surface area contributed by atoms with Gasteiger partial charge in [0.05, 0.1) is 10.6 Å². The summed E-state index contributed by atoms with van der Waals surface area (Å²) < 4.78 is 67.5. The van der Waals surface area contributed by atoms with Crippen LogP contribution in [0.25, 0.3) is 11.3 Å². The maximum absolute atomic E-state index is 14.3. The van der Waals surface area contributed by atoms with Gasteiger partial charge < -0.3 is 0 Å². The van der Waals surface area contributed by atoms with Crippen LogP contribution < -0.4 is 0 Å². The Labute approximate surface area is 147 Å². The first-order valence-electron chi connectivity index (χ1n) is 7.39. The molecule has 3 rings (SSSR count). The van der Waals surface area contributed by atoms with E-state index >= 15 is 0 Å². The summed E-state index contributed by atoms with van der Waals surface area (Å²) >= 11 is 0. The molecule has 4 nitrogen and oxygen atoms in total. The average Bonchev–Trinajstić information content (AvgIpc) is 2.92. The number of carbonyl (C=O) groups excluding carboxylic acids is 1. The SMILES string of the molecule is Cc1c(C=O)cn(S(=O)(=O)c2cccc(F)c2)c1-c1ccc(F)cc1F. The predicted octanol–water partition coefficient (Wildman–Crippen LogP) is 3.93. The summed E-state index contributed by atoms with van der Waals surface area (Å²) in [5.41, 5.74) is -0.111. The molecule has 3 aromatic rings. The molecule has 8 heteroatoms. The molecule has 0 N–H and O–H groups in total. The molecule has 1 heterocycles. The Hall–Kier alpha value is -2.87. The number of benzene rings is 2. The summed E-state index contributed by atoms with van der Waals surface area (Å²) in [7, 11) is -4.32. The molecule has 0 unspecified atom stereocenters. The molecule has 0 spiro atoms. The zero-order chi connectivity index (χ0) is 19.1. The molecule has 0 fully saturated rings. The largest absolute Gasteiger partial charge is 0.298 e. The Bertz CT molecular complexity index is 1120. The maximum Gasteiger partial charge on any atom is 0.268 e. The molecule has 0 atom stereocenters. The van der Waals surface area contributed by atoms with E-state index in [0.29, 0.717) is 16.3 Å². The zero-order valence-electron chi connectivity index (χ0n) is 13.4. The van der Waals surface area contributed by atoms with E-state index in [1.807, 2.05) is 0 Å². The molecule has 0 aliphatic rings. The van der Waals surface area contributed by atoms with Crippen molar-refractivity contribution < 1.29 is 26.4 Å². The van der Waals surface area contributed by atoms with Gasteiger partial charge in [0.2, 0.25) is 0 Å². The molecule has 0 amide bonds. The fourth-order valence-electron chi connectivity index (χ4n) is 2.64. The molecular weight excluding hydrogens is 367 g/mol. The number of rotatable bonds is 4. The van der Waals surface area contributed by atoms with Crippen LogP contribution in [0.1, 0.15) is 15.9 Å². The van der Waals surface area contributed by atoms with Crippen LogP contribution in [0.5, 0.6) is 0 Å². The van der Waals surface area contributed by atoms with Gasteiger partial charge in [0.15, 0.2) is 6.29 Å². The minimum Gasteiger partial charge on any atom is -0.298 e. The monoisotopic (exact) mass is 379 g/mol. The highest BCUT2D eigenvalue weighted by atomic mass is 32.2. The second-order valence-electron chi connectivity index (χ2n) is 5.56. The fourth-order valence-corrected chi connectivity index (χ4v) is 4.11. The van der Waals surface area contributed by atoms with Crippen molar-refractivity contribution >= 4 is 16.3 Å². The Kier molecular flexibility index (Phi) is 4.45. The van der Waals surface area contributed by atoms with E-state index in [0.717, 1.165) is 30.5 Å².